The van der Waals surface area contributed by atoms with Crippen LogP contribution in [0.4, 0.5) is 0 Å². The van der Waals surface area contributed by atoms with Crippen LogP contribution < -0.4 is 10.6 Å². The maximum atomic E-state index is 13.4. The van der Waals surface area contributed by atoms with Crippen LogP contribution in [0, 0.1) is 11.8 Å². The van der Waals surface area contributed by atoms with Crippen molar-refractivity contribution in [3.8, 4) is 0 Å². The molecule has 2 unspecified atom stereocenters. The van der Waals surface area contributed by atoms with Gasteiger partial charge in [-0.25, -0.2) is 0 Å². The second kappa shape index (κ2) is 8.46. The Hall–Kier alpha value is -1.28. The maximum absolute atomic E-state index is 13.4. The predicted octanol–water partition coefficient (Wildman–Crippen LogP) is 1.05. The van der Waals surface area contributed by atoms with E-state index >= 15 is 0 Å². The number of fused-ring (bicyclic) bond motifs is 1. The lowest BCUT2D eigenvalue weighted by molar-refractivity contribution is -0.140. The van der Waals surface area contributed by atoms with Gasteiger partial charge in [-0.3, -0.25) is 14.4 Å². The Morgan fingerprint density at radius 1 is 1.21 bits per heavy atom. The summed E-state index contributed by atoms with van der Waals surface area (Å²) in [6, 6.07) is -0.418. The quantitative estimate of drug-likeness (QED) is 0.568. The number of thioether (sulfide) groups is 1. The van der Waals surface area contributed by atoms with Crippen LogP contribution in [0.1, 0.15) is 58.3 Å². The predicted molar refractivity (Wildman–Crippen MR) is 111 cm³/mol. The molecule has 0 radical (unpaired) electrons. The lowest BCUT2D eigenvalue weighted by Gasteiger charge is -2.35. The van der Waals surface area contributed by atoms with Gasteiger partial charge in [0.25, 0.3) is 0 Å². The van der Waals surface area contributed by atoms with Gasteiger partial charge in [-0.05, 0) is 32.1 Å². The number of amides is 3. The molecule has 4 rings (SSSR count). The largest absolute Gasteiger partial charge is 0.395 e. The van der Waals surface area contributed by atoms with Crippen LogP contribution in [0.2, 0.25) is 0 Å². The summed E-state index contributed by atoms with van der Waals surface area (Å²) in [6.45, 7) is 2.58. The Morgan fingerprint density at radius 3 is 2.66 bits per heavy atom. The van der Waals surface area contributed by atoms with Crippen LogP contribution in [-0.2, 0) is 14.4 Å². The summed E-state index contributed by atoms with van der Waals surface area (Å²) in [5.74, 6) is -1.11. The van der Waals surface area contributed by atoms with Crippen LogP contribution in [0.25, 0.3) is 0 Å². The van der Waals surface area contributed by atoms with Gasteiger partial charge in [-0.15, -0.1) is 11.8 Å². The average molecular weight is 424 g/mol. The monoisotopic (exact) mass is 423 g/mol. The van der Waals surface area contributed by atoms with Crippen molar-refractivity contribution in [2.75, 3.05) is 19.7 Å². The lowest BCUT2D eigenvalue weighted by atomic mass is 9.70. The van der Waals surface area contributed by atoms with Gasteiger partial charge in [0.15, 0.2) is 0 Å². The molecule has 1 saturated carbocycles. The zero-order valence-electron chi connectivity index (χ0n) is 17.2. The normalized spacial score (nSPS) is 36.3. The second-order valence-corrected chi connectivity index (χ2v) is 10.5. The molecule has 4 fully saturated rings. The minimum Gasteiger partial charge on any atom is -0.395 e. The number of aliphatic hydroxyl groups is 1. The number of carbonyl (C=O) groups is 3. The molecule has 1 spiro atoms. The zero-order chi connectivity index (χ0) is 20.6. The fourth-order valence-corrected chi connectivity index (χ4v) is 8.21. The summed E-state index contributed by atoms with van der Waals surface area (Å²) in [6.07, 6.45) is 7.92. The van der Waals surface area contributed by atoms with E-state index in [1.807, 2.05) is 6.92 Å². The fraction of sp³-hybridized carbons (Fsp3) is 0.857. The highest BCUT2D eigenvalue weighted by Crippen LogP contribution is 2.66. The number of hydrogen-bond acceptors (Lipinski definition) is 5. The van der Waals surface area contributed by atoms with Gasteiger partial charge in [0.2, 0.25) is 17.7 Å². The molecule has 3 N–H and O–H groups in total. The molecule has 7 nitrogen and oxygen atoms in total. The molecule has 2 bridgehead atoms. The Morgan fingerprint density at radius 2 is 1.97 bits per heavy atom. The summed E-state index contributed by atoms with van der Waals surface area (Å²) in [5, 5.41) is 15.9. The van der Waals surface area contributed by atoms with Crippen molar-refractivity contribution in [1.29, 1.82) is 0 Å². The van der Waals surface area contributed by atoms with E-state index in [2.05, 4.69) is 10.6 Å². The molecule has 3 aliphatic heterocycles. The van der Waals surface area contributed by atoms with Gasteiger partial charge >= 0.3 is 0 Å². The van der Waals surface area contributed by atoms with E-state index in [-0.39, 0.29) is 48.1 Å². The molecule has 3 heterocycles. The summed E-state index contributed by atoms with van der Waals surface area (Å²) >= 11 is 1.69. The smallest absolute Gasteiger partial charge is 0.244 e. The Bertz CT molecular complexity index is 668. The third-order valence-corrected chi connectivity index (χ3v) is 9.14. The summed E-state index contributed by atoms with van der Waals surface area (Å²) in [7, 11) is 0. The minimum atomic E-state index is -0.590. The number of β-amino-alcohol motifs (C(OH)–C–C–N with tert-alkyl or cyclic N) is 1. The number of hydrogen-bond donors (Lipinski definition) is 3. The molecule has 3 saturated heterocycles. The van der Waals surface area contributed by atoms with Gasteiger partial charge in [-0.2, -0.15) is 0 Å². The van der Waals surface area contributed by atoms with Crippen molar-refractivity contribution in [2.24, 2.45) is 11.8 Å². The van der Waals surface area contributed by atoms with Crippen LogP contribution in [0.15, 0.2) is 0 Å². The molecule has 8 heteroatoms. The molecule has 29 heavy (non-hydrogen) atoms. The number of likely N-dealkylation sites (tertiary alicyclic amines) is 1. The van der Waals surface area contributed by atoms with Gasteiger partial charge in [0, 0.05) is 24.4 Å². The van der Waals surface area contributed by atoms with Crippen molar-refractivity contribution >= 4 is 29.5 Å². The van der Waals surface area contributed by atoms with Gasteiger partial charge < -0.3 is 20.6 Å². The van der Waals surface area contributed by atoms with Crippen molar-refractivity contribution < 1.29 is 19.5 Å². The van der Waals surface area contributed by atoms with Gasteiger partial charge in [0.05, 0.1) is 23.2 Å². The molecular weight excluding hydrogens is 390 g/mol. The van der Waals surface area contributed by atoms with E-state index < -0.39 is 16.7 Å². The third kappa shape index (κ3) is 3.46. The number of carbonyl (C=O) groups excluding carboxylic acids is 3. The van der Waals surface area contributed by atoms with E-state index in [0.717, 1.165) is 44.9 Å². The van der Waals surface area contributed by atoms with Crippen LogP contribution in [0.3, 0.4) is 0 Å². The maximum Gasteiger partial charge on any atom is 0.244 e. The van der Waals surface area contributed by atoms with Crippen LogP contribution in [-0.4, -0.2) is 69.5 Å². The Kier molecular flexibility index (Phi) is 6.11. The highest BCUT2D eigenvalue weighted by molar-refractivity contribution is 8.02. The first-order chi connectivity index (χ1) is 14.0. The summed E-state index contributed by atoms with van der Waals surface area (Å²) in [4.78, 5) is 41.3. The van der Waals surface area contributed by atoms with Gasteiger partial charge in [-0.1, -0.05) is 26.2 Å². The Balaban J connectivity index is 1.60. The van der Waals surface area contributed by atoms with Crippen LogP contribution >= 0.6 is 11.8 Å². The molecule has 4 aliphatic rings. The highest BCUT2D eigenvalue weighted by atomic mass is 32.2. The van der Waals surface area contributed by atoms with E-state index in [4.69, 9.17) is 0 Å². The minimum absolute atomic E-state index is 0.0541. The van der Waals surface area contributed by atoms with E-state index in [1.165, 1.54) is 6.42 Å². The summed E-state index contributed by atoms with van der Waals surface area (Å²) in [5.41, 5.74) is 0. The van der Waals surface area contributed by atoms with Crippen molar-refractivity contribution in [3.63, 3.8) is 0 Å². The topological polar surface area (TPSA) is 98.7 Å². The Labute approximate surface area is 176 Å². The summed E-state index contributed by atoms with van der Waals surface area (Å²) < 4.78 is -0.538. The lowest BCUT2D eigenvalue weighted by Crippen LogP contribution is -2.56. The van der Waals surface area contributed by atoms with Crippen molar-refractivity contribution in [3.05, 3.63) is 0 Å². The van der Waals surface area contributed by atoms with Crippen molar-refractivity contribution in [2.45, 2.75) is 80.4 Å². The molecule has 3 amide bonds. The second-order valence-electron chi connectivity index (χ2n) is 8.95. The molecule has 0 aromatic carbocycles. The van der Waals surface area contributed by atoms with E-state index in [0.29, 0.717) is 6.54 Å². The van der Waals surface area contributed by atoms with Gasteiger partial charge in [0.1, 0.15) is 6.04 Å². The fourth-order valence-electron chi connectivity index (χ4n) is 6.00. The molecular formula is C21H33N3O4S. The first kappa shape index (κ1) is 21.0. The molecule has 5 atom stereocenters. The molecule has 0 aromatic heterocycles. The number of nitrogens with one attached hydrogen (secondary N) is 2. The molecule has 1 aliphatic carbocycles. The number of rotatable bonds is 7. The number of aliphatic hydroxyl groups excluding tert-OH is 1. The molecule has 162 valence electrons. The zero-order valence-corrected chi connectivity index (χ0v) is 18.0. The SMILES string of the molecule is CCCNC(=O)[C@@H]1[C@@H]2CCC3(S2)C(C(=O)NC2CCCCC2)N(CCO)C(=O)[C@H]13. The first-order valence-electron chi connectivity index (χ1n) is 11.2. The molecule has 0 aromatic rings. The average Bonchev–Trinajstić information content (AvgIpc) is 3.35. The van der Waals surface area contributed by atoms with Crippen molar-refractivity contribution in [1.82, 2.24) is 15.5 Å². The standard InChI is InChI=1S/C21H33N3O4S/c1-2-10-22-18(26)15-14-8-9-21(29-14)16(15)20(28)24(11-12-25)17(21)19(27)23-13-6-4-3-5-7-13/h13-17,25H,2-12H2,1H3,(H,22,26)(H,23,27)/t14-,15+,16-,17?,21?/m0/s1. The third-order valence-electron chi connectivity index (χ3n) is 7.19. The van der Waals surface area contributed by atoms with E-state index in [1.54, 1.807) is 16.7 Å². The van der Waals surface area contributed by atoms with Crippen LogP contribution in [0.5, 0.6) is 0 Å². The number of nitrogens with zero attached hydrogens (tertiary/aromatic N) is 1. The van der Waals surface area contributed by atoms with E-state index in [9.17, 15) is 19.5 Å². The highest BCUT2D eigenvalue weighted by Gasteiger charge is 2.73. The first-order valence-corrected chi connectivity index (χ1v) is 12.1.